The molecule has 0 atom stereocenters. The quantitative estimate of drug-likeness (QED) is 0.314. The number of halogens is 3. The molecule has 3 aromatic carbocycles. The summed E-state index contributed by atoms with van der Waals surface area (Å²) in [5.74, 6) is 0.577. The number of oxazole rings is 1. The number of ether oxygens (including phenoxy) is 1. The topological polar surface area (TPSA) is 64.4 Å². The molecule has 0 bridgehead atoms. The summed E-state index contributed by atoms with van der Waals surface area (Å²) in [5.41, 5.74) is 3.21. The molecule has 0 saturated carbocycles. The highest BCUT2D eigenvalue weighted by atomic mass is 35.5. The molecular weight excluding hydrogens is 459 g/mol. The number of fused-ring (bicyclic) bond motifs is 1. The monoisotopic (exact) mass is 472 g/mol. The van der Waals surface area contributed by atoms with Gasteiger partial charge in [0.15, 0.2) is 5.58 Å². The van der Waals surface area contributed by atoms with E-state index in [0.717, 1.165) is 5.56 Å². The van der Waals surface area contributed by atoms with Crippen molar-refractivity contribution in [3.05, 3.63) is 81.3 Å². The minimum Gasteiger partial charge on any atom is -0.495 e. The lowest BCUT2D eigenvalue weighted by Crippen LogP contribution is -2.07. The van der Waals surface area contributed by atoms with Crippen LogP contribution in [0, 0.1) is 0 Å². The lowest BCUT2D eigenvalue weighted by Gasteiger charge is -2.08. The van der Waals surface area contributed by atoms with E-state index in [0.29, 0.717) is 49.1 Å². The van der Waals surface area contributed by atoms with Crippen LogP contribution in [0.2, 0.25) is 15.1 Å². The van der Waals surface area contributed by atoms with Gasteiger partial charge in [-0.3, -0.25) is 4.79 Å². The third kappa shape index (κ3) is 4.85. The molecule has 4 rings (SSSR count). The average molecular weight is 474 g/mol. The Morgan fingerprint density at radius 1 is 1.03 bits per heavy atom. The Bertz CT molecular complexity index is 1300. The highest BCUT2D eigenvalue weighted by molar-refractivity contribution is 6.36. The predicted octanol–water partition coefficient (Wildman–Crippen LogP) is 7.12. The number of aromatic nitrogens is 1. The highest BCUT2D eigenvalue weighted by Gasteiger charge is 2.11. The fraction of sp³-hybridized carbons (Fsp3) is 0.0435. The fourth-order valence-electron chi connectivity index (χ4n) is 2.99. The molecule has 1 amide bonds. The summed E-state index contributed by atoms with van der Waals surface area (Å²) in [5, 5.41) is 4.24. The molecule has 8 heteroatoms. The number of carbonyl (C=O) groups excluding carboxylic acids is 1. The van der Waals surface area contributed by atoms with Crippen LogP contribution in [0.5, 0.6) is 5.75 Å². The van der Waals surface area contributed by atoms with Gasteiger partial charge in [-0.2, -0.15) is 0 Å². The van der Waals surface area contributed by atoms with Gasteiger partial charge in [0, 0.05) is 32.9 Å². The van der Waals surface area contributed by atoms with Crippen LogP contribution in [0.15, 0.2) is 65.1 Å². The standard InChI is InChI=1S/C23H15Cl3N2O3/c1-30-22-14(10-16(25)11-18(22)26)4-9-21(29)27-17-7-8-20-19(12-17)28-23(31-20)13-2-5-15(24)6-3-13/h2-12H,1H3,(H,27,29). The smallest absolute Gasteiger partial charge is 0.248 e. The zero-order valence-electron chi connectivity index (χ0n) is 16.2. The van der Waals surface area contributed by atoms with Gasteiger partial charge in [0.05, 0.1) is 12.1 Å². The molecule has 4 aromatic rings. The Kier molecular flexibility index (Phi) is 6.18. The van der Waals surface area contributed by atoms with Gasteiger partial charge in [-0.25, -0.2) is 4.98 Å². The summed E-state index contributed by atoms with van der Waals surface area (Å²) in [4.78, 5) is 16.9. The first-order valence-electron chi connectivity index (χ1n) is 9.11. The number of hydrogen-bond donors (Lipinski definition) is 1. The molecule has 156 valence electrons. The van der Waals surface area contributed by atoms with Gasteiger partial charge in [0.25, 0.3) is 0 Å². The fourth-order valence-corrected chi connectivity index (χ4v) is 3.70. The van der Waals surface area contributed by atoms with Crippen molar-refractivity contribution < 1.29 is 13.9 Å². The molecular formula is C23H15Cl3N2O3. The Morgan fingerprint density at radius 3 is 2.55 bits per heavy atom. The molecule has 5 nitrogen and oxygen atoms in total. The zero-order valence-corrected chi connectivity index (χ0v) is 18.4. The minimum atomic E-state index is -0.334. The van der Waals surface area contributed by atoms with Crippen LogP contribution in [-0.4, -0.2) is 18.0 Å². The van der Waals surface area contributed by atoms with E-state index in [4.69, 9.17) is 44.0 Å². The van der Waals surface area contributed by atoms with E-state index in [9.17, 15) is 4.79 Å². The second-order valence-corrected chi connectivity index (χ2v) is 7.82. The summed E-state index contributed by atoms with van der Waals surface area (Å²) in [6, 6.07) is 15.7. The number of hydrogen-bond acceptors (Lipinski definition) is 4. The van der Waals surface area contributed by atoms with E-state index in [1.54, 1.807) is 48.5 Å². The maximum atomic E-state index is 12.4. The molecule has 31 heavy (non-hydrogen) atoms. The first-order valence-corrected chi connectivity index (χ1v) is 10.2. The predicted molar refractivity (Wildman–Crippen MR) is 125 cm³/mol. The van der Waals surface area contributed by atoms with Crippen molar-refractivity contribution >= 4 is 63.6 Å². The SMILES string of the molecule is COc1c(Cl)cc(Cl)cc1C=CC(=O)Nc1ccc2oc(-c3ccc(Cl)cc3)nc2c1. The third-order valence-corrected chi connectivity index (χ3v) is 5.15. The minimum absolute atomic E-state index is 0.334. The molecule has 0 unspecified atom stereocenters. The second kappa shape index (κ2) is 9.02. The van der Waals surface area contributed by atoms with E-state index in [-0.39, 0.29) is 5.91 Å². The third-order valence-electron chi connectivity index (χ3n) is 4.40. The highest BCUT2D eigenvalue weighted by Crippen LogP contribution is 2.33. The number of amides is 1. The van der Waals surface area contributed by atoms with Crippen molar-refractivity contribution in [1.29, 1.82) is 0 Å². The van der Waals surface area contributed by atoms with Crippen LogP contribution in [0.4, 0.5) is 5.69 Å². The van der Waals surface area contributed by atoms with Gasteiger partial charge in [0.1, 0.15) is 11.3 Å². The maximum absolute atomic E-state index is 12.4. The van der Waals surface area contributed by atoms with Crippen molar-refractivity contribution in [2.24, 2.45) is 0 Å². The first kappa shape index (κ1) is 21.2. The van der Waals surface area contributed by atoms with Gasteiger partial charge >= 0.3 is 0 Å². The number of methoxy groups -OCH3 is 1. The van der Waals surface area contributed by atoms with Crippen molar-refractivity contribution in [3.63, 3.8) is 0 Å². The second-order valence-electron chi connectivity index (χ2n) is 6.54. The lowest BCUT2D eigenvalue weighted by molar-refractivity contribution is -0.111. The molecule has 0 radical (unpaired) electrons. The summed E-state index contributed by atoms with van der Waals surface area (Å²) < 4.78 is 11.1. The Morgan fingerprint density at radius 2 is 1.81 bits per heavy atom. The van der Waals surface area contributed by atoms with Crippen molar-refractivity contribution in [2.75, 3.05) is 12.4 Å². The number of nitrogens with zero attached hydrogens (tertiary/aromatic N) is 1. The normalized spacial score (nSPS) is 11.2. The first-order chi connectivity index (χ1) is 14.9. The Hall–Kier alpha value is -2.99. The number of benzene rings is 3. The lowest BCUT2D eigenvalue weighted by atomic mass is 10.2. The molecule has 0 fully saturated rings. The molecule has 0 saturated heterocycles. The number of nitrogens with one attached hydrogen (secondary N) is 1. The van der Waals surface area contributed by atoms with Gasteiger partial charge < -0.3 is 14.5 Å². The van der Waals surface area contributed by atoms with E-state index < -0.39 is 0 Å². The van der Waals surface area contributed by atoms with Crippen LogP contribution in [-0.2, 0) is 4.79 Å². The largest absolute Gasteiger partial charge is 0.495 e. The van der Waals surface area contributed by atoms with E-state index >= 15 is 0 Å². The van der Waals surface area contributed by atoms with Gasteiger partial charge in [-0.05, 0) is 60.7 Å². The number of carbonyl (C=O) groups is 1. The zero-order chi connectivity index (χ0) is 22.0. The van der Waals surface area contributed by atoms with Gasteiger partial charge in [0.2, 0.25) is 11.8 Å². The molecule has 0 spiro atoms. The van der Waals surface area contributed by atoms with Crippen LogP contribution in [0.3, 0.4) is 0 Å². The van der Waals surface area contributed by atoms with E-state index in [2.05, 4.69) is 10.3 Å². The average Bonchev–Trinajstić information content (AvgIpc) is 3.16. The molecule has 0 aliphatic heterocycles. The summed E-state index contributed by atoms with van der Waals surface area (Å²) in [7, 11) is 1.50. The van der Waals surface area contributed by atoms with Crippen LogP contribution < -0.4 is 10.1 Å². The molecule has 0 aliphatic rings. The van der Waals surface area contributed by atoms with Crippen molar-refractivity contribution in [2.45, 2.75) is 0 Å². The van der Waals surface area contributed by atoms with Gasteiger partial charge in [-0.1, -0.05) is 34.8 Å². The van der Waals surface area contributed by atoms with E-state index in [1.807, 2.05) is 12.1 Å². The van der Waals surface area contributed by atoms with Crippen molar-refractivity contribution in [3.8, 4) is 17.2 Å². The summed E-state index contributed by atoms with van der Waals surface area (Å²) >= 11 is 18.1. The van der Waals surface area contributed by atoms with Crippen LogP contribution >= 0.6 is 34.8 Å². The molecule has 1 heterocycles. The van der Waals surface area contributed by atoms with Crippen LogP contribution in [0.1, 0.15) is 5.56 Å². The molecule has 1 N–H and O–H groups in total. The molecule has 1 aromatic heterocycles. The van der Waals surface area contributed by atoms with Gasteiger partial charge in [-0.15, -0.1) is 0 Å². The Balaban J connectivity index is 1.53. The Labute approximate surface area is 193 Å². The van der Waals surface area contributed by atoms with Crippen molar-refractivity contribution in [1.82, 2.24) is 4.98 Å². The van der Waals surface area contributed by atoms with Crippen LogP contribution in [0.25, 0.3) is 28.6 Å². The summed E-state index contributed by atoms with van der Waals surface area (Å²) in [6.45, 7) is 0. The summed E-state index contributed by atoms with van der Waals surface area (Å²) in [6.07, 6.45) is 2.95. The number of anilines is 1. The van der Waals surface area contributed by atoms with E-state index in [1.165, 1.54) is 13.2 Å². The molecule has 0 aliphatic carbocycles. The maximum Gasteiger partial charge on any atom is 0.248 e. The number of rotatable bonds is 5.